The largest absolute Gasteiger partial charge is 0.336 e. The van der Waals surface area contributed by atoms with Gasteiger partial charge in [0.2, 0.25) is 0 Å². The fourth-order valence-electron chi connectivity index (χ4n) is 4.30. The number of carbonyl (C=O) groups excluding carboxylic acids is 1. The van der Waals surface area contributed by atoms with Gasteiger partial charge in [-0.3, -0.25) is 19.4 Å². The number of fused-ring (bicyclic) bond motifs is 1. The summed E-state index contributed by atoms with van der Waals surface area (Å²) in [4.78, 5) is 21.5. The number of hydrogen-bond acceptors (Lipinski definition) is 5. The van der Waals surface area contributed by atoms with E-state index >= 15 is 0 Å². The Bertz CT molecular complexity index is 1430. The quantitative estimate of drug-likeness (QED) is 0.446. The maximum absolute atomic E-state index is 13.0. The molecule has 1 aliphatic rings. The lowest BCUT2D eigenvalue weighted by Gasteiger charge is -2.34. The predicted molar refractivity (Wildman–Crippen MR) is 137 cm³/mol. The van der Waals surface area contributed by atoms with Crippen molar-refractivity contribution < 1.29 is 13.2 Å². The first kappa shape index (κ1) is 23.0. The first-order valence-electron chi connectivity index (χ1n) is 11.5. The smallest absolute Gasteiger partial charge is 0.261 e. The molecule has 5 rings (SSSR count). The van der Waals surface area contributed by atoms with Crippen LogP contribution >= 0.6 is 0 Å². The molecule has 35 heavy (non-hydrogen) atoms. The van der Waals surface area contributed by atoms with Crippen molar-refractivity contribution in [1.82, 2.24) is 14.8 Å². The van der Waals surface area contributed by atoms with Crippen LogP contribution in [0.25, 0.3) is 10.9 Å². The molecular weight excluding hydrogens is 460 g/mol. The van der Waals surface area contributed by atoms with Gasteiger partial charge in [0, 0.05) is 49.9 Å². The summed E-state index contributed by atoms with van der Waals surface area (Å²) in [7, 11) is -3.83. The summed E-state index contributed by atoms with van der Waals surface area (Å²) in [5.74, 6) is -0.0838. The number of pyridine rings is 1. The van der Waals surface area contributed by atoms with E-state index in [2.05, 4.69) is 26.7 Å². The number of benzene rings is 3. The van der Waals surface area contributed by atoms with Crippen LogP contribution in [0.5, 0.6) is 0 Å². The van der Waals surface area contributed by atoms with Gasteiger partial charge in [0.1, 0.15) is 0 Å². The number of rotatable bonds is 6. The minimum absolute atomic E-state index is 0.0838. The van der Waals surface area contributed by atoms with E-state index in [4.69, 9.17) is 0 Å². The Hall–Kier alpha value is -3.75. The van der Waals surface area contributed by atoms with Crippen LogP contribution < -0.4 is 4.72 Å². The summed E-state index contributed by atoms with van der Waals surface area (Å²) in [5, 5.41) is 0.845. The van der Waals surface area contributed by atoms with Gasteiger partial charge in [-0.1, -0.05) is 48.5 Å². The summed E-state index contributed by atoms with van der Waals surface area (Å²) in [6.07, 6.45) is 1.63. The Balaban J connectivity index is 1.23. The van der Waals surface area contributed by atoms with Crippen molar-refractivity contribution in [2.24, 2.45) is 0 Å². The zero-order chi connectivity index (χ0) is 24.3. The number of aromatic nitrogens is 1. The van der Waals surface area contributed by atoms with E-state index in [9.17, 15) is 13.2 Å². The normalized spacial score (nSPS) is 14.7. The van der Waals surface area contributed by atoms with Gasteiger partial charge < -0.3 is 4.90 Å². The van der Waals surface area contributed by atoms with Crippen molar-refractivity contribution in [2.45, 2.75) is 11.4 Å². The molecule has 4 aromatic rings. The first-order chi connectivity index (χ1) is 17.0. The molecule has 0 spiro atoms. The molecule has 178 valence electrons. The fraction of sp³-hybridized carbons (Fsp3) is 0.185. The highest BCUT2D eigenvalue weighted by atomic mass is 32.2. The van der Waals surface area contributed by atoms with Crippen LogP contribution in [0, 0.1) is 0 Å². The van der Waals surface area contributed by atoms with Crippen molar-refractivity contribution in [3.8, 4) is 0 Å². The molecule has 3 aromatic carbocycles. The molecule has 2 heterocycles. The molecule has 0 bridgehead atoms. The average molecular weight is 487 g/mol. The standard InChI is InChI=1S/C27H26N4O3S/c32-27(31-18-16-30(17-19-31)20-21-6-2-1-3-7-21)23-11-13-24(14-12-23)35(33,34)29-25-10-4-8-22-9-5-15-28-26(22)25/h1-15,29H,16-20H2. The van der Waals surface area contributed by atoms with E-state index in [-0.39, 0.29) is 10.8 Å². The van der Waals surface area contributed by atoms with Crippen molar-refractivity contribution in [3.63, 3.8) is 0 Å². The highest BCUT2D eigenvalue weighted by molar-refractivity contribution is 7.92. The molecule has 0 atom stereocenters. The number of nitrogens with one attached hydrogen (secondary N) is 1. The average Bonchev–Trinajstić information content (AvgIpc) is 2.89. The molecule has 0 unspecified atom stereocenters. The molecule has 1 saturated heterocycles. The summed E-state index contributed by atoms with van der Waals surface area (Å²) < 4.78 is 28.6. The summed E-state index contributed by atoms with van der Waals surface area (Å²) in [5.41, 5.74) is 2.73. The Morgan fingerprint density at radius 2 is 1.54 bits per heavy atom. The zero-order valence-electron chi connectivity index (χ0n) is 19.2. The van der Waals surface area contributed by atoms with Gasteiger partial charge in [0.15, 0.2) is 0 Å². The van der Waals surface area contributed by atoms with Gasteiger partial charge in [-0.25, -0.2) is 8.42 Å². The van der Waals surface area contributed by atoms with Gasteiger partial charge in [-0.2, -0.15) is 0 Å². The van der Waals surface area contributed by atoms with Crippen molar-refractivity contribution >= 4 is 32.5 Å². The number of sulfonamides is 1. The third kappa shape index (κ3) is 5.18. The Morgan fingerprint density at radius 1 is 0.829 bits per heavy atom. The number of carbonyl (C=O) groups is 1. The Kier molecular flexibility index (Phi) is 6.48. The van der Waals surface area contributed by atoms with E-state index in [0.717, 1.165) is 25.0 Å². The van der Waals surface area contributed by atoms with Gasteiger partial charge >= 0.3 is 0 Å². The monoisotopic (exact) mass is 486 g/mol. The van der Waals surface area contributed by atoms with Gasteiger partial charge in [-0.05, 0) is 42.0 Å². The predicted octanol–water partition coefficient (Wildman–Crippen LogP) is 3.99. The second kappa shape index (κ2) is 9.85. The molecule has 0 aliphatic carbocycles. The second-order valence-electron chi connectivity index (χ2n) is 8.56. The molecule has 0 radical (unpaired) electrons. The van der Waals surface area contributed by atoms with Crippen molar-refractivity contribution in [2.75, 3.05) is 30.9 Å². The van der Waals surface area contributed by atoms with Crippen molar-refractivity contribution in [3.05, 3.63) is 102 Å². The lowest BCUT2D eigenvalue weighted by Crippen LogP contribution is -2.48. The number of amides is 1. The van der Waals surface area contributed by atoms with Gasteiger partial charge in [0.25, 0.3) is 15.9 Å². The van der Waals surface area contributed by atoms with E-state index in [0.29, 0.717) is 29.9 Å². The molecule has 0 saturated carbocycles. The minimum atomic E-state index is -3.83. The molecule has 1 N–H and O–H groups in total. The van der Waals surface area contributed by atoms with E-state index in [1.165, 1.54) is 17.7 Å². The lowest BCUT2D eigenvalue weighted by atomic mass is 10.1. The number of piperazine rings is 1. The van der Waals surface area contributed by atoms with Crippen molar-refractivity contribution in [1.29, 1.82) is 0 Å². The number of hydrogen-bond donors (Lipinski definition) is 1. The number of nitrogens with zero attached hydrogens (tertiary/aromatic N) is 3. The minimum Gasteiger partial charge on any atom is -0.336 e. The maximum Gasteiger partial charge on any atom is 0.261 e. The third-order valence-electron chi connectivity index (χ3n) is 6.20. The molecule has 1 aromatic heterocycles. The summed E-state index contributed by atoms with van der Waals surface area (Å²) in [6, 6.07) is 25.4. The first-order valence-corrected chi connectivity index (χ1v) is 13.0. The molecule has 8 heteroatoms. The Labute approximate surface area is 205 Å². The zero-order valence-corrected chi connectivity index (χ0v) is 20.0. The highest BCUT2D eigenvalue weighted by Gasteiger charge is 2.23. The molecule has 1 amide bonds. The van der Waals surface area contributed by atoms with Crippen LogP contribution in [0.2, 0.25) is 0 Å². The van der Waals surface area contributed by atoms with Gasteiger partial charge in [0.05, 0.1) is 16.1 Å². The summed E-state index contributed by atoms with van der Waals surface area (Å²) in [6.45, 7) is 3.75. The summed E-state index contributed by atoms with van der Waals surface area (Å²) >= 11 is 0. The van der Waals surface area contributed by atoms with Crippen LogP contribution in [0.3, 0.4) is 0 Å². The third-order valence-corrected chi connectivity index (χ3v) is 7.58. The van der Waals surface area contributed by atoms with Gasteiger partial charge in [-0.15, -0.1) is 0 Å². The second-order valence-corrected chi connectivity index (χ2v) is 10.2. The molecule has 7 nitrogen and oxygen atoms in total. The van der Waals surface area contributed by atoms with Crippen LogP contribution in [0.1, 0.15) is 15.9 Å². The molecule has 1 fully saturated rings. The molecular formula is C27H26N4O3S. The van der Waals surface area contributed by atoms with E-state index in [1.807, 2.05) is 35.2 Å². The fourth-order valence-corrected chi connectivity index (χ4v) is 5.37. The molecule has 1 aliphatic heterocycles. The topological polar surface area (TPSA) is 82.6 Å². The maximum atomic E-state index is 13.0. The van der Waals surface area contributed by atoms with Crippen LogP contribution in [-0.2, 0) is 16.6 Å². The lowest BCUT2D eigenvalue weighted by molar-refractivity contribution is 0.0628. The SMILES string of the molecule is O=C(c1ccc(S(=O)(=O)Nc2cccc3cccnc23)cc1)N1CCN(Cc2ccccc2)CC1. The number of para-hydroxylation sites is 1. The van der Waals surface area contributed by atoms with Crippen LogP contribution in [0.15, 0.2) is 96.0 Å². The number of anilines is 1. The van der Waals surface area contributed by atoms with Crippen LogP contribution in [-0.4, -0.2) is 55.3 Å². The van der Waals surface area contributed by atoms with Crippen LogP contribution in [0.4, 0.5) is 5.69 Å². The van der Waals surface area contributed by atoms with E-state index in [1.54, 1.807) is 36.5 Å². The van der Waals surface area contributed by atoms with E-state index < -0.39 is 10.0 Å². The Morgan fingerprint density at radius 3 is 2.29 bits per heavy atom. The highest BCUT2D eigenvalue weighted by Crippen LogP contribution is 2.24.